The Labute approximate surface area is 220 Å². The second-order valence-corrected chi connectivity index (χ2v) is 8.37. The highest BCUT2D eigenvalue weighted by Crippen LogP contribution is 2.26. The number of hydrogen-bond acceptors (Lipinski definition) is 8. The quantitative estimate of drug-likeness (QED) is 0.295. The molecule has 1 aliphatic heterocycles. The van der Waals surface area contributed by atoms with E-state index in [-0.39, 0.29) is 30.7 Å². The van der Waals surface area contributed by atoms with Crippen LogP contribution in [0.3, 0.4) is 0 Å². The molecule has 1 saturated heterocycles. The third-order valence-corrected chi connectivity index (χ3v) is 5.92. The van der Waals surface area contributed by atoms with Crippen molar-refractivity contribution in [3.05, 3.63) is 53.6 Å². The van der Waals surface area contributed by atoms with Crippen molar-refractivity contribution in [1.82, 2.24) is 15.5 Å². The average molecular weight is 531 g/mol. The van der Waals surface area contributed by atoms with Gasteiger partial charge in [0.15, 0.2) is 0 Å². The van der Waals surface area contributed by atoms with E-state index in [0.717, 1.165) is 12.0 Å². The molecular weight excluding hydrogens is 496 g/mol. The molecular formula is C26H34N4O8. The highest BCUT2D eigenvalue weighted by Gasteiger charge is 2.33. The van der Waals surface area contributed by atoms with Gasteiger partial charge in [0, 0.05) is 32.4 Å². The first-order chi connectivity index (χ1) is 18.2. The van der Waals surface area contributed by atoms with Crippen molar-refractivity contribution in [3.63, 3.8) is 0 Å². The van der Waals surface area contributed by atoms with Crippen molar-refractivity contribution < 1.29 is 39.2 Å². The predicted molar refractivity (Wildman–Crippen MR) is 139 cm³/mol. The van der Waals surface area contributed by atoms with Gasteiger partial charge in [-0.05, 0) is 60.9 Å². The number of aliphatic hydroxyl groups excluding tert-OH is 1. The number of nitrogens with zero attached hydrogens (tertiary/aromatic N) is 1. The number of nitrogens with one attached hydrogen (secondary N) is 3. The minimum absolute atomic E-state index is 0.0452. The molecule has 2 unspecified atom stereocenters. The molecule has 6 N–H and O–H groups in total. The number of imide groups is 1. The second-order valence-electron chi connectivity index (χ2n) is 8.37. The van der Waals surface area contributed by atoms with Gasteiger partial charge in [0.2, 0.25) is 11.8 Å². The fraction of sp³-hybridized carbons (Fsp3) is 0.385. The summed E-state index contributed by atoms with van der Waals surface area (Å²) >= 11 is 0. The van der Waals surface area contributed by atoms with E-state index < -0.39 is 35.8 Å². The molecule has 1 heterocycles. The number of aromatic hydroxyl groups is 1. The number of methoxy groups -OCH3 is 1. The number of carboxylic acid groups (broad SMARTS) is 1. The van der Waals surface area contributed by atoms with E-state index in [4.69, 9.17) is 14.9 Å². The van der Waals surface area contributed by atoms with Crippen LogP contribution in [0.25, 0.3) is 0 Å². The summed E-state index contributed by atoms with van der Waals surface area (Å²) in [6.45, 7) is 2.59. The van der Waals surface area contributed by atoms with Gasteiger partial charge in [-0.1, -0.05) is 6.92 Å². The number of phenols is 1. The zero-order valence-corrected chi connectivity index (χ0v) is 21.6. The zero-order chi connectivity index (χ0) is 28.2. The Morgan fingerprint density at radius 2 is 1.84 bits per heavy atom. The molecule has 1 aliphatic rings. The van der Waals surface area contributed by atoms with Crippen molar-refractivity contribution in [3.8, 4) is 11.5 Å². The van der Waals surface area contributed by atoms with Crippen LogP contribution in [0, 0.1) is 5.92 Å². The zero-order valence-electron chi connectivity index (χ0n) is 21.6. The van der Waals surface area contributed by atoms with Gasteiger partial charge in [0.25, 0.3) is 0 Å². The normalized spacial score (nSPS) is 15.8. The molecule has 0 radical (unpaired) electrons. The number of benzene rings is 2. The van der Waals surface area contributed by atoms with Crippen LogP contribution in [0.15, 0.2) is 42.5 Å². The number of aliphatic hydroxyl groups is 1. The molecule has 0 aromatic heterocycles. The third kappa shape index (κ3) is 7.92. The van der Waals surface area contributed by atoms with Crippen molar-refractivity contribution in [2.45, 2.75) is 25.8 Å². The van der Waals surface area contributed by atoms with E-state index in [1.54, 1.807) is 13.0 Å². The lowest BCUT2D eigenvalue weighted by Gasteiger charge is -2.25. The third-order valence-electron chi connectivity index (χ3n) is 5.92. The lowest BCUT2D eigenvalue weighted by Crippen LogP contribution is -2.52. The number of anilines is 1. The van der Waals surface area contributed by atoms with Crippen molar-refractivity contribution >= 4 is 29.5 Å². The van der Waals surface area contributed by atoms with E-state index in [1.807, 2.05) is 0 Å². The Bertz CT molecular complexity index is 1120. The number of amides is 4. The van der Waals surface area contributed by atoms with Crippen LogP contribution in [0.5, 0.6) is 11.5 Å². The molecule has 12 nitrogen and oxygen atoms in total. The topological polar surface area (TPSA) is 178 Å². The number of carbonyl (C=O) groups is 4. The van der Waals surface area contributed by atoms with Gasteiger partial charge in [-0.25, -0.2) is 9.59 Å². The Balaban J connectivity index is 0.00000247. The Hall–Kier alpha value is -4.16. The molecule has 0 aliphatic carbocycles. The second kappa shape index (κ2) is 14.5. The number of aromatic carboxylic acids is 1. The molecule has 0 spiro atoms. The highest BCUT2D eigenvalue weighted by molar-refractivity contribution is 6.01. The van der Waals surface area contributed by atoms with Gasteiger partial charge < -0.3 is 36.0 Å². The number of urea groups is 1. The SMILES string of the molecule is CCC(NC(=O)N1CCNCC(Cc2cc(O)ccc2OC)C1=O)C(=O)Nc1ccc(C(=O)O)cc1.CO. The summed E-state index contributed by atoms with van der Waals surface area (Å²) in [6, 6.07) is 8.69. The number of carboxylic acids is 1. The summed E-state index contributed by atoms with van der Waals surface area (Å²) in [6.07, 6.45) is 0.520. The highest BCUT2D eigenvalue weighted by atomic mass is 16.5. The van der Waals surface area contributed by atoms with Crippen LogP contribution >= 0.6 is 0 Å². The summed E-state index contributed by atoms with van der Waals surface area (Å²) in [5, 5.41) is 34.3. The fourth-order valence-electron chi connectivity index (χ4n) is 3.94. The summed E-state index contributed by atoms with van der Waals surface area (Å²) in [5.74, 6) is -1.99. The molecule has 2 aromatic carbocycles. The van der Waals surface area contributed by atoms with Gasteiger partial charge >= 0.3 is 12.0 Å². The molecule has 4 amide bonds. The van der Waals surface area contributed by atoms with Crippen molar-refractivity contribution in [1.29, 1.82) is 0 Å². The largest absolute Gasteiger partial charge is 0.508 e. The number of rotatable bonds is 8. The Kier molecular flexibility index (Phi) is 11.5. The molecule has 0 saturated carbocycles. The van der Waals surface area contributed by atoms with Crippen LogP contribution < -0.4 is 20.7 Å². The lowest BCUT2D eigenvalue weighted by atomic mass is 9.97. The number of hydrogen-bond donors (Lipinski definition) is 6. The summed E-state index contributed by atoms with van der Waals surface area (Å²) < 4.78 is 5.33. The number of ether oxygens (including phenoxy) is 1. The standard InChI is InChI=1S/C25H30N4O7.CH4O/c1-3-20(22(31)27-18-6-4-15(5-7-18)24(33)34)28-25(35)29-11-10-26-14-17(23(29)32)12-16-13-19(30)8-9-21(16)36-2;1-2/h4-9,13,17,20,26,30H,3,10-12,14H2,1-2H3,(H,27,31)(H,28,35)(H,33,34);2H,1H3. The maximum Gasteiger partial charge on any atom is 0.335 e. The first-order valence-electron chi connectivity index (χ1n) is 12.0. The average Bonchev–Trinajstić information content (AvgIpc) is 3.09. The van der Waals surface area contributed by atoms with Gasteiger partial charge in [0.05, 0.1) is 18.6 Å². The fourth-order valence-corrected chi connectivity index (χ4v) is 3.94. The number of carbonyl (C=O) groups excluding carboxylic acids is 3. The summed E-state index contributed by atoms with van der Waals surface area (Å²) in [4.78, 5) is 51.1. The molecule has 1 fully saturated rings. The monoisotopic (exact) mass is 530 g/mol. The minimum Gasteiger partial charge on any atom is -0.508 e. The van der Waals surface area contributed by atoms with E-state index in [9.17, 15) is 24.3 Å². The van der Waals surface area contributed by atoms with Gasteiger partial charge in [-0.15, -0.1) is 0 Å². The summed E-state index contributed by atoms with van der Waals surface area (Å²) in [5.41, 5.74) is 1.10. The van der Waals surface area contributed by atoms with Crippen LogP contribution in [0.4, 0.5) is 10.5 Å². The van der Waals surface area contributed by atoms with E-state index >= 15 is 0 Å². The number of phenolic OH excluding ortho intramolecular Hbond substituents is 1. The van der Waals surface area contributed by atoms with E-state index in [0.29, 0.717) is 30.1 Å². The molecule has 12 heteroatoms. The van der Waals surface area contributed by atoms with Gasteiger partial charge in [-0.3, -0.25) is 14.5 Å². The minimum atomic E-state index is -1.08. The van der Waals surface area contributed by atoms with E-state index in [2.05, 4.69) is 16.0 Å². The maximum absolute atomic E-state index is 13.3. The first kappa shape index (κ1) is 30.1. The molecule has 3 rings (SSSR count). The Morgan fingerprint density at radius 3 is 2.45 bits per heavy atom. The van der Waals surface area contributed by atoms with E-state index in [1.165, 1.54) is 43.5 Å². The van der Waals surface area contributed by atoms with Crippen LogP contribution in [-0.2, 0) is 16.0 Å². The molecule has 206 valence electrons. The first-order valence-corrected chi connectivity index (χ1v) is 12.0. The Morgan fingerprint density at radius 1 is 1.16 bits per heavy atom. The molecule has 38 heavy (non-hydrogen) atoms. The molecule has 2 aromatic rings. The molecule has 0 bridgehead atoms. The maximum atomic E-state index is 13.3. The van der Waals surface area contributed by atoms with Crippen LogP contribution in [-0.4, -0.2) is 83.9 Å². The van der Waals surface area contributed by atoms with Gasteiger partial charge in [-0.2, -0.15) is 0 Å². The van der Waals surface area contributed by atoms with Crippen molar-refractivity contribution in [2.75, 3.05) is 39.2 Å². The smallest absolute Gasteiger partial charge is 0.335 e. The van der Waals surface area contributed by atoms with Gasteiger partial charge in [0.1, 0.15) is 17.5 Å². The van der Waals surface area contributed by atoms with Crippen molar-refractivity contribution in [2.24, 2.45) is 5.92 Å². The van der Waals surface area contributed by atoms with Crippen LogP contribution in [0.2, 0.25) is 0 Å². The predicted octanol–water partition coefficient (Wildman–Crippen LogP) is 1.42. The molecule has 2 atom stereocenters. The van der Waals surface area contributed by atoms with Crippen LogP contribution in [0.1, 0.15) is 29.3 Å². The summed E-state index contributed by atoms with van der Waals surface area (Å²) in [7, 11) is 2.50. The lowest BCUT2D eigenvalue weighted by molar-refractivity contribution is -0.131.